The van der Waals surface area contributed by atoms with E-state index in [1.54, 1.807) is 54.0 Å². The van der Waals surface area contributed by atoms with Gasteiger partial charge < -0.3 is 5.32 Å². The molecule has 0 bridgehead atoms. The van der Waals surface area contributed by atoms with Crippen molar-refractivity contribution in [2.45, 2.75) is 16.3 Å². The Kier molecular flexibility index (Phi) is 5.96. The summed E-state index contributed by atoms with van der Waals surface area (Å²) in [5.74, 6) is -0.190. The fourth-order valence-electron chi connectivity index (χ4n) is 3.68. The van der Waals surface area contributed by atoms with Crippen LogP contribution in [-0.4, -0.2) is 19.3 Å². The molecule has 0 radical (unpaired) electrons. The molecule has 5 rings (SSSR count). The summed E-state index contributed by atoms with van der Waals surface area (Å²) in [5.41, 5.74) is 5.80. The Morgan fingerprint density at radius 3 is 2.35 bits per heavy atom. The predicted molar refractivity (Wildman–Crippen MR) is 135 cm³/mol. The van der Waals surface area contributed by atoms with E-state index in [0.717, 1.165) is 26.9 Å². The number of hydrogen-bond acceptors (Lipinski definition) is 5. The monoisotopic (exact) mass is 484 g/mol. The average molecular weight is 485 g/mol. The number of carbonyl (C=O) groups excluding carboxylic acids is 1. The highest BCUT2D eigenvalue weighted by Crippen LogP contribution is 2.26. The molecule has 5 nitrogen and oxygen atoms in total. The fourth-order valence-corrected chi connectivity index (χ4v) is 5.70. The van der Waals surface area contributed by atoms with Gasteiger partial charge in [-0.05, 0) is 59.2 Å². The highest BCUT2D eigenvalue weighted by molar-refractivity contribution is 7.91. The van der Waals surface area contributed by atoms with Crippen LogP contribution in [0.15, 0.2) is 112 Å². The maximum atomic E-state index is 13.2. The molecule has 0 aliphatic carbocycles. The van der Waals surface area contributed by atoms with Crippen molar-refractivity contribution in [2.75, 3.05) is 0 Å². The van der Waals surface area contributed by atoms with E-state index < -0.39 is 9.84 Å². The Morgan fingerprint density at radius 1 is 0.794 bits per heavy atom. The first-order valence-corrected chi connectivity index (χ1v) is 13.0. The van der Waals surface area contributed by atoms with Crippen molar-refractivity contribution < 1.29 is 13.2 Å². The third kappa shape index (κ3) is 4.48. The highest BCUT2D eigenvalue weighted by atomic mass is 32.2. The number of nitrogens with zero attached hydrogens (tertiary/aromatic N) is 1. The second-order valence-corrected chi connectivity index (χ2v) is 10.6. The van der Waals surface area contributed by atoms with Gasteiger partial charge in [-0.15, -0.1) is 11.3 Å². The largest absolute Gasteiger partial charge is 0.348 e. The molecule has 0 aliphatic rings. The summed E-state index contributed by atoms with van der Waals surface area (Å²) >= 11 is 1.49. The van der Waals surface area contributed by atoms with E-state index in [1.165, 1.54) is 11.3 Å². The van der Waals surface area contributed by atoms with Gasteiger partial charge in [-0.25, -0.2) is 13.4 Å². The minimum absolute atomic E-state index is 0.190. The lowest BCUT2D eigenvalue weighted by molar-refractivity contribution is 0.0951. The van der Waals surface area contributed by atoms with Crippen molar-refractivity contribution in [1.29, 1.82) is 0 Å². The van der Waals surface area contributed by atoms with Gasteiger partial charge in [-0.2, -0.15) is 0 Å². The normalized spacial score (nSPS) is 11.4. The van der Waals surface area contributed by atoms with Crippen LogP contribution in [0.5, 0.6) is 0 Å². The van der Waals surface area contributed by atoms with Gasteiger partial charge in [0.15, 0.2) is 0 Å². The Labute approximate surface area is 201 Å². The van der Waals surface area contributed by atoms with Crippen LogP contribution < -0.4 is 5.32 Å². The van der Waals surface area contributed by atoms with E-state index in [4.69, 9.17) is 0 Å². The molecule has 0 spiro atoms. The number of amides is 1. The fraction of sp³-hybridized carbons (Fsp3) is 0.0370. The Bertz CT molecular complexity index is 1580. The first kappa shape index (κ1) is 22.0. The first-order chi connectivity index (χ1) is 16.5. The number of aromatic nitrogens is 1. The molecular formula is C27H20N2O3S2. The summed E-state index contributed by atoms with van der Waals surface area (Å²) < 4.78 is 27.3. The van der Waals surface area contributed by atoms with Crippen molar-refractivity contribution in [2.24, 2.45) is 0 Å². The van der Waals surface area contributed by atoms with Crippen LogP contribution in [0.3, 0.4) is 0 Å². The Hall–Kier alpha value is -3.81. The number of thiazole rings is 1. The van der Waals surface area contributed by atoms with E-state index in [-0.39, 0.29) is 15.7 Å². The van der Waals surface area contributed by atoms with Crippen molar-refractivity contribution in [3.63, 3.8) is 0 Å². The zero-order valence-electron chi connectivity index (χ0n) is 18.0. The van der Waals surface area contributed by atoms with E-state index in [1.807, 2.05) is 48.5 Å². The number of hydrogen-bond donors (Lipinski definition) is 1. The van der Waals surface area contributed by atoms with Gasteiger partial charge in [0.1, 0.15) is 0 Å². The molecule has 168 valence electrons. The van der Waals surface area contributed by atoms with Crippen LogP contribution in [0.2, 0.25) is 0 Å². The summed E-state index contributed by atoms with van der Waals surface area (Å²) in [6, 6.07) is 28.6. The van der Waals surface area contributed by atoms with E-state index in [2.05, 4.69) is 10.3 Å². The zero-order valence-corrected chi connectivity index (χ0v) is 19.6. The van der Waals surface area contributed by atoms with Gasteiger partial charge in [-0.3, -0.25) is 4.79 Å². The van der Waals surface area contributed by atoms with Gasteiger partial charge >= 0.3 is 0 Å². The van der Waals surface area contributed by atoms with Crippen LogP contribution in [-0.2, 0) is 16.4 Å². The molecule has 0 saturated carbocycles. The van der Waals surface area contributed by atoms with Gasteiger partial charge in [0.2, 0.25) is 9.84 Å². The molecule has 0 aliphatic heterocycles. The SMILES string of the molecule is O=C(NCc1ccc(S(=O)(=O)c2cccc(-c3ccccc3)c2)cc1)c1ccc2ncsc2c1. The van der Waals surface area contributed by atoms with Gasteiger partial charge in [0.25, 0.3) is 5.91 Å². The standard InChI is InChI=1S/C27H20N2O3S2/c30-27(22-11-14-25-26(16-22)33-18-29-25)28-17-19-9-12-23(13-10-19)34(31,32)24-8-4-7-21(15-24)20-5-2-1-3-6-20/h1-16,18H,17H2,(H,28,30). The van der Waals surface area contributed by atoms with Gasteiger partial charge in [0.05, 0.1) is 25.5 Å². The third-order valence-corrected chi connectivity index (χ3v) is 8.09. The summed E-state index contributed by atoms with van der Waals surface area (Å²) in [6.45, 7) is 0.295. The second-order valence-electron chi connectivity index (χ2n) is 7.76. The number of fused-ring (bicyclic) bond motifs is 1. The second kappa shape index (κ2) is 9.21. The highest BCUT2D eigenvalue weighted by Gasteiger charge is 2.18. The molecular weight excluding hydrogens is 464 g/mol. The molecule has 1 aromatic heterocycles. The van der Waals surface area contributed by atoms with Crippen LogP contribution in [0.25, 0.3) is 21.3 Å². The van der Waals surface area contributed by atoms with E-state index in [9.17, 15) is 13.2 Å². The lowest BCUT2D eigenvalue weighted by Gasteiger charge is -2.09. The average Bonchev–Trinajstić information content (AvgIpc) is 3.36. The topological polar surface area (TPSA) is 76.1 Å². The molecule has 0 unspecified atom stereocenters. The van der Waals surface area contributed by atoms with Crippen molar-refractivity contribution in [1.82, 2.24) is 10.3 Å². The maximum Gasteiger partial charge on any atom is 0.251 e. The lowest BCUT2D eigenvalue weighted by atomic mass is 10.1. The van der Waals surface area contributed by atoms with Crippen molar-refractivity contribution in [3.8, 4) is 11.1 Å². The molecule has 1 heterocycles. The number of carbonyl (C=O) groups is 1. The number of sulfone groups is 1. The van der Waals surface area contributed by atoms with Crippen molar-refractivity contribution in [3.05, 3.63) is 114 Å². The molecule has 1 amide bonds. The van der Waals surface area contributed by atoms with Crippen LogP contribution >= 0.6 is 11.3 Å². The maximum absolute atomic E-state index is 13.2. The summed E-state index contributed by atoms with van der Waals surface area (Å²) in [6.07, 6.45) is 0. The third-order valence-electron chi connectivity index (χ3n) is 5.53. The number of nitrogens with one attached hydrogen (secondary N) is 1. The predicted octanol–water partition coefficient (Wildman–Crippen LogP) is 5.73. The lowest BCUT2D eigenvalue weighted by Crippen LogP contribution is -2.22. The molecule has 5 aromatic rings. The quantitative estimate of drug-likeness (QED) is 0.334. The molecule has 7 heteroatoms. The van der Waals surface area contributed by atoms with Gasteiger partial charge in [-0.1, -0.05) is 54.6 Å². The summed E-state index contributed by atoms with van der Waals surface area (Å²) in [5, 5.41) is 2.88. The first-order valence-electron chi connectivity index (χ1n) is 10.6. The van der Waals surface area contributed by atoms with Crippen molar-refractivity contribution >= 4 is 37.3 Å². The zero-order chi connectivity index (χ0) is 23.5. The molecule has 4 aromatic carbocycles. The summed E-state index contributed by atoms with van der Waals surface area (Å²) in [7, 11) is -3.67. The summed E-state index contributed by atoms with van der Waals surface area (Å²) in [4.78, 5) is 17.2. The molecule has 34 heavy (non-hydrogen) atoms. The van der Waals surface area contributed by atoms with E-state index in [0.29, 0.717) is 12.1 Å². The number of rotatable bonds is 6. The minimum atomic E-state index is -3.67. The Balaban J connectivity index is 1.30. The molecule has 0 fully saturated rings. The number of benzene rings is 4. The smallest absolute Gasteiger partial charge is 0.251 e. The van der Waals surface area contributed by atoms with E-state index >= 15 is 0 Å². The van der Waals surface area contributed by atoms with Crippen LogP contribution in [0.4, 0.5) is 0 Å². The Morgan fingerprint density at radius 2 is 1.56 bits per heavy atom. The van der Waals surface area contributed by atoms with Crippen LogP contribution in [0.1, 0.15) is 15.9 Å². The molecule has 1 N–H and O–H groups in total. The molecule has 0 saturated heterocycles. The molecule has 0 atom stereocenters. The van der Waals surface area contributed by atoms with Crippen LogP contribution in [0, 0.1) is 0 Å². The van der Waals surface area contributed by atoms with Gasteiger partial charge in [0, 0.05) is 12.1 Å². The minimum Gasteiger partial charge on any atom is -0.348 e.